The van der Waals surface area contributed by atoms with Crippen molar-refractivity contribution in [1.29, 1.82) is 0 Å². The maximum absolute atomic E-state index is 13.2. The summed E-state index contributed by atoms with van der Waals surface area (Å²) in [5.74, 6) is -0.903. The summed E-state index contributed by atoms with van der Waals surface area (Å²) in [6.07, 6.45) is 0. The molecular weight excluding hydrogens is 335 g/mol. The predicted octanol–water partition coefficient (Wildman–Crippen LogP) is 2.95. The van der Waals surface area contributed by atoms with Crippen LogP contribution in [0.15, 0.2) is 53.0 Å². The average Bonchev–Trinajstić information content (AvgIpc) is 2.50. The lowest BCUT2D eigenvalue weighted by atomic mass is 9.98. The van der Waals surface area contributed by atoms with Crippen molar-refractivity contribution >= 4 is 21.8 Å². The van der Waals surface area contributed by atoms with Gasteiger partial charge in [-0.3, -0.25) is 4.79 Å². The molecule has 0 aliphatic carbocycles. The van der Waals surface area contributed by atoms with Gasteiger partial charge in [0.15, 0.2) is 0 Å². The van der Waals surface area contributed by atoms with E-state index in [4.69, 9.17) is 5.73 Å². The van der Waals surface area contributed by atoms with Gasteiger partial charge in [0.05, 0.1) is 5.92 Å². The highest BCUT2D eigenvalue weighted by Crippen LogP contribution is 2.19. The molecule has 0 saturated carbocycles. The molecule has 5 heteroatoms. The fourth-order valence-corrected chi connectivity index (χ4v) is 2.45. The van der Waals surface area contributed by atoms with E-state index in [0.29, 0.717) is 5.56 Å². The lowest BCUT2D eigenvalue weighted by Gasteiger charge is -2.15. The largest absolute Gasteiger partial charge is 0.351 e. The molecule has 0 aliphatic rings. The Bertz CT molecular complexity index is 619. The molecule has 3 nitrogen and oxygen atoms in total. The van der Waals surface area contributed by atoms with Crippen LogP contribution >= 0.6 is 15.9 Å². The Balaban J connectivity index is 2.05. The van der Waals surface area contributed by atoms with Crippen LogP contribution in [0.1, 0.15) is 17.0 Å². The molecule has 21 heavy (non-hydrogen) atoms. The number of carbonyl (C=O) groups is 1. The minimum absolute atomic E-state index is 0.167. The highest BCUT2D eigenvalue weighted by molar-refractivity contribution is 9.10. The van der Waals surface area contributed by atoms with E-state index in [1.54, 1.807) is 6.07 Å². The number of hydrogen-bond acceptors (Lipinski definition) is 2. The smallest absolute Gasteiger partial charge is 0.229 e. The third-order valence-electron chi connectivity index (χ3n) is 3.21. The molecule has 0 heterocycles. The standard InChI is InChI=1S/C16H16BrFN2O/c17-15-7-6-13(18)8-12(15)10-20-16(21)14(9-19)11-4-2-1-3-5-11/h1-8,14H,9-10,19H2,(H,20,21). The van der Waals surface area contributed by atoms with Gasteiger partial charge in [0.2, 0.25) is 5.91 Å². The second-order valence-corrected chi connectivity index (χ2v) is 5.51. The van der Waals surface area contributed by atoms with E-state index in [9.17, 15) is 9.18 Å². The molecule has 0 spiro atoms. The Morgan fingerprint density at radius 2 is 1.95 bits per heavy atom. The Labute approximate surface area is 131 Å². The normalized spacial score (nSPS) is 12.0. The first-order chi connectivity index (χ1) is 10.1. The second-order valence-electron chi connectivity index (χ2n) is 4.65. The predicted molar refractivity (Wildman–Crippen MR) is 84.2 cm³/mol. The van der Waals surface area contributed by atoms with Gasteiger partial charge in [0.25, 0.3) is 0 Å². The van der Waals surface area contributed by atoms with Crippen molar-refractivity contribution in [1.82, 2.24) is 5.32 Å². The Morgan fingerprint density at radius 1 is 1.24 bits per heavy atom. The minimum Gasteiger partial charge on any atom is -0.351 e. The maximum Gasteiger partial charge on any atom is 0.229 e. The van der Waals surface area contributed by atoms with E-state index < -0.39 is 5.92 Å². The van der Waals surface area contributed by atoms with Crippen LogP contribution in [0, 0.1) is 5.82 Å². The van der Waals surface area contributed by atoms with Gasteiger partial charge in [-0.2, -0.15) is 0 Å². The van der Waals surface area contributed by atoms with E-state index in [0.717, 1.165) is 10.0 Å². The molecule has 0 bridgehead atoms. The van der Waals surface area contributed by atoms with Crippen molar-refractivity contribution in [2.24, 2.45) is 5.73 Å². The third-order valence-corrected chi connectivity index (χ3v) is 3.99. The molecule has 1 atom stereocenters. The van der Waals surface area contributed by atoms with E-state index in [2.05, 4.69) is 21.2 Å². The molecule has 0 fully saturated rings. The molecule has 2 aromatic rings. The zero-order chi connectivity index (χ0) is 15.2. The summed E-state index contributed by atoms with van der Waals surface area (Å²) >= 11 is 3.34. The van der Waals surface area contributed by atoms with Gasteiger partial charge in [-0.15, -0.1) is 0 Å². The first-order valence-corrected chi connectivity index (χ1v) is 7.37. The summed E-state index contributed by atoms with van der Waals surface area (Å²) in [4.78, 5) is 12.2. The molecule has 0 radical (unpaired) electrons. The summed E-state index contributed by atoms with van der Waals surface area (Å²) in [5, 5.41) is 2.80. The maximum atomic E-state index is 13.2. The molecule has 110 valence electrons. The van der Waals surface area contributed by atoms with Crippen LogP contribution < -0.4 is 11.1 Å². The molecule has 2 rings (SSSR count). The molecule has 1 unspecified atom stereocenters. The highest BCUT2D eigenvalue weighted by atomic mass is 79.9. The lowest BCUT2D eigenvalue weighted by molar-refractivity contribution is -0.122. The van der Waals surface area contributed by atoms with Crippen molar-refractivity contribution < 1.29 is 9.18 Å². The van der Waals surface area contributed by atoms with Gasteiger partial charge >= 0.3 is 0 Å². The molecule has 0 saturated heterocycles. The zero-order valence-electron chi connectivity index (χ0n) is 11.4. The summed E-state index contributed by atoms with van der Waals surface area (Å²) < 4.78 is 14.0. The fourth-order valence-electron chi connectivity index (χ4n) is 2.06. The van der Waals surface area contributed by atoms with Crippen LogP contribution in [0.25, 0.3) is 0 Å². The summed E-state index contributed by atoms with van der Waals surface area (Å²) in [6.45, 7) is 0.473. The number of rotatable bonds is 5. The molecular formula is C16H16BrFN2O. The lowest BCUT2D eigenvalue weighted by Crippen LogP contribution is -2.33. The number of carbonyl (C=O) groups excluding carboxylic acids is 1. The first-order valence-electron chi connectivity index (χ1n) is 6.58. The number of hydrogen-bond donors (Lipinski definition) is 2. The van der Waals surface area contributed by atoms with Crippen molar-refractivity contribution in [2.75, 3.05) is 6.54 Å². The van der Waals surface area contributed by atoms with Crippen LogP contribution in [0.2, 0.25) is 0 Å². The molecule has 0 aliphatic heterocycles. The first kappa shape index (κ1) is 15.7. The molecule has 1 amide bonds. The number of nitrogens with one attached hydrogen (secondary N) is 1. The Morgan fingerprint density at radius 3 is 2.62 bits per heavy atom. The van der Waals surface area contributed by atoms with E-state index >= 15 is 0 Å². The average molecular weight is 351 g/mol. The molecule has 2 aromatic carbocycles. The van der Waals surface area contributed by atoms with Crippen LogP contribution in [-0.4, -0.2) is 12.5 Å². The van der Waals surface area contributed by atoms with Crippen LogP contribution in [0.4, 0.5) is 4.39 Å². The van der Waals surface area contributed by atoms with Crippen LogP contribution in [0.3, 0.4) is 0 Å². The van der Waals surface area contributed by atoms with Crippen LogP contribution in [0.5, 0.6) is 0 Å². The second kappa shape index (κ2) is 7.33. The van der Waals surface area contributed by atoms with Crippen LogP contribution in [-0.2, 0) is 11.3 Å². The minimum atomic E-state index is -0.404. The monoisotopic (exact) mass is 350 g/mol. The van der Waals surface area contributed by atoms with Gasteiger partial charge in [0.1, 0.15) is 5.82 Å². The van der Waals surface area contributed by atoms with Gasteiger partial charge in [-0.25, -0.2) is 4.39 Å². The Kier molecular flexibility index (Phi) is 5.47. The summed E-state index contributed by atoms with van der Waals surface area (Å²) in [5.41, 5.74) is 7.26. The summed E-state index contributed by atoms with van der Waals surface area (Å²) in [7, 11) is 0. The van der Waals surface area contributed by atoms with Crippen molar-refractivity contribution in [2.45, 2.75) is 12.5 Å². The molecule has 3 N–H and O–H groups in total. The SMILES string of the molecule is NCC(C(=O)NCc1cc(F)ccc1Br)c1ccccc1. The topological polar surface area (TPSA) is 55.1 Å². The highest BCUT2D eigenvalue weighted by Gasteiger charge is 2.18. The summed E-state index contributed by atoms with van der Waals surface area (Å²) in [6, 6.07) is 13.7. The number of nitrogens with two attached hydrogens (primary N) is 1. The third kappa shape index (κ3) is 4.12. The van der Waals surface area contributed by atoms with Gasteiger partial charge < -0.3 is 11.1 Å². The van der Waals surface area contributed by atoms with E-state index in [1.807, 2.05) is 30.3 Å². The number of halogens is 2. The van der Waals surface area contributed by atoms with Gasteiger partial charge in [-0.05, 0) is 29.3 Å². The van der Waals surface area contributed by atoms with E-state index in [1.165, 1.54) is 12.1 Å². The van der Waals surface area contributed by atoms with E-state index in [-0.39, 0.29) is 24.8 Å². The quantitative estimate of drug-likeness (QED) is 0.870. The van der Waals surface area contributed by atoms with Crippen molar-refractivity contribution in [3.8, 4) is 0 Å². The van der Waals surface area contributed by atoms with Gasteiger partial charge in [-0.1, -0.05) is 46.3 Å². The fraction of sp³-hybridized carbons (Fsp3) is 0.188. The van der Waals surface area contributed by atoms with Gasteiger partial charge in [0, 0.05) is 17.6 Å². The number of amides is 1. The van der Waals surface area contributed by atoms with Crippen molar-refractivity contribution in [3.63, 3.8) is 0 Å². The molecule has 0 aromatic heterocycles. The Hall–Kier alpha value is -1.72. The zero-order valence-corrected chi connectivity index (χ0v) is 12.9. The van der Waals surface area contributed by atoms with Crippen molar-refractivity contribution in [3.05, 3.63) is 69.9 Å². The number of benzene rings is 2.